The van der Waals surface area contributed by atoms with E-state index in [4.69, 9.17) is 9.15 Å². The highest BCUT2D eigenvalue weighted by molar-refractivity contribution is 7.89. The van der Waals surface area contributed by atoms with Crippen LogP contribution in [-0.4, -0.2) is 38.7 Å². The molecule has 23 heavy (non-hydrogen) atoms. The number of rotatable bonds is 3. The maximum absolute atomic E-state index is 12.7. The maximum Gasteiger partial charge on any atom is 0.294 e. The largest absolute Gasteiger partial charge is 0.474 e. The molecule has 0 atom stereocenters. The van der Waals surface area contributed by atoms with Crippen molar-refractivity contribution in [3.8, 4) is 5.88 Å². The molecule has 1 aliphatic rings. The summed E-state index contributed by atoms with van der Waals surface area (Å²) in [6.45, 7) is 2.59. The van der Waals surface area contributed by atoms with E-state index in [2.05, 4.69) is 4.98 Å². The lowest BCUT2D eigenvalue weighted by molar-refractivity contribution is 0.0947. The molecule has 1 amide bonds. The predicted octanol–water partition coefficient (Wildman–Crippen LogP) is 1.57. The molecule has 7 nitrogen and oxygen atoms in total. The van der Waals surface area contributed by atoms with Crippen LogP contribution in [0.1, 0.15) is 21.9 Å². The lowest BCUT2D eigenvalue weighted by Gasteiger charge is -2.28. The fourth-order valence-electron chi connectivity index (χ4n) is 2.37. The summed E-state index contributed by atoms with van der Waals surface area (Å²) in [5.41, 5.74) is 1.49. The molecule has 0 spiro atoms. The van der Waals surface area contributed by atoms with Crippen molar-refractivity contribution in [1.29, 1.82) is 0 Å². The summed E-state index contributed by atoms with van der Waals surface area (Å²) in [6, 6.07) is 4.81. The zero-order valence-corrected chi connectivity index (χ0v) is 13.6. The Hall–Kier alpha value is -2.35. The Morgan fingerprint density at radius 1 is 1.39 bits per heavy atom. The van der Waals surface area contributed by atoms with Crippen molar-refractivity contribution >= 4 is 21.4 Å². The molecule has 0 fully saturated rings. The SMILES string of the molecule is Cc1cnc2c(c1)N(C(=O)c1ccc(CS(C)(=O)=O)o1)CCO2. The average molecular weight is 336 g/mol. The number of hydrogen-bond donors (Lipinski definition) is 0. The van der Waals surface area contributed by atoms with E-state index in [1.807, 2.05) is 13.0 Å². The summed E-state index contributed by atoms with van der Waals surface area (Å²) >= 11 is 0. The van der Waals surface area contributed by atoms with Crippen LogP contribution in [0.4, 0.5) is 5.69 Å². The molecule has 0 aromatic carbocycles. The fraction of sp³-hybridized carbons (Fsp3) is 0.333. The Labute approximate surface area is 133 Å². The third kappa shape index (κ3) is 3.37. The van der Waals surface area contributed by atoms with Gasteiger partial charge in [-0.05, 0) is 30.7 Å². The first-order valence-electron chi connectivity index (χ1n) is 7.01. The first-order valence-corrected chi connectivity index (χ1v) is 9.07. The number of sulfone groups is 1. The van der Waals surface area contributed by atoms with Crippen LogP contribution in [0, 0.1) is 6.92 Å². The van der Waals surface area contributed by atoms with Gasteiger partial charge in [0.1, 0.15) is 23.8 Å². The maximum atomic E-state index is 12.7. The quantitative estimate of drug-likeness (QED) is 0.845. The first-order chi connectivity index (χ1) is 10.8. The summed E-state index contributed by atoms with van der Waals surface area (Å²) in [7, 11) is -3.22. The van der Waals surface area contributed by atoms with Crippen LogP contribution in [0.3, 0.4) is 0 Å². The van der Waals surface area contributed by atoms with Gasteiger partial charge < -0.3 is 9.15 Å². The van der Waals surface area contributed by atoms with Crippen LogP contribution >= 0.6 is 0 Å². The third-order valence-electron chi connectivity index (χ3n) is 3.34. The number of furan rings is 1. The first kappa shape index (κ1) is 15.5. The van der Waals surface area contributed by atoms with E-state index in [0.29, 0.717) is 24.7 Å². The van der Waals surface area contributed by atoms with Crippen LogP contribution in [-0.2, 0) is 15.6 Å². The van der Waals surface area contributed by atoms with Crippen molar-refractivity contribution in [3.05, 3.63) is 41.5 Å². The van der Waals surface area contributed by atoms with Gasteiger partial charge in [0.2, 0.25) is 5.88 Å². The van der Waals surface area contributed by atoms with Crippen LogP contribution in [0.2, 0.25) is 0 Å². The Morgan fingerprint density at radius 2 is 2.17 bits per heavy atom. The number of nitrogens with zero attached hydrogens (tertiary/aromatic N) is 2. The fourth-order valence-corrected chi connectivity index (χ4v) is 3.04. The number of carbonyl (C=O) groups is 1. The minimum Gasteiger partial charge on any atom is -0.474 e. The Kier molecular flexibility index (Phi) is 3.85. The standard InChI is InChI=1S/C15H16N2O5S/c1-10-7-12-14(16-8-10)21-6-5-17(12)15(18)13-4-3-11(22-13)9-23(2,19)20/h3-4,7-8H,5-6,9H2,1-2H3. The Morgan fingerprint density at radius 3 is 2.91 bits per heavy atom. The molecule has 3 heterocycles. The summed E-state index contributed by atoms with van der Waals surface area (Å²) in [5, 5.41) is 0. The second-order valence-corrected chi connectivity index (χ2v) is 7.62. The molecule has 3 rings (SSSR count). The van der Waals surface area contributed by atoms with Crippen molar-refractivity contribution in [2.24, 2.45) is 0 Å². The van der Waals surface area contributed by atoms with Gasteiger partial charge in [0.25, 0.3) is 5.91 Å². The molecule has 2 aromatic heterocycles. The van der Waals surface area contributed by atoms with E-state index in [0.717, 1.165) is 11.8 Å². The summed E-state index contributed by atoms with van der Waals surface area (Å²) < 4.78 is 33.4. The molecule has 0 saturated carbocycles. The van der Waals surface area contributed by atoms with Gasteiger partial charge in [-0.15, -0.1) is 0 Å². The molecule has 0 N–H and O–H groups in total. The van der Waals surface area contributed by atoms with Crippen LogP contribution < -0.4 is 9.64 Å². The molecule has 0 unspecified atom stereocenters. The Balaban J connectivity index is 1.89. The smallest absolute Gasteiger partial charge is 0.294 e. The van der Waals surface area contributed by atoms with Crippen molar-refractivity contribution in [3.63, 3.8) is 0 Å². The van der Waals surface area contributed by atoms with E-state index in [-0.39, 0.29) is 23.2 Å². The number of fused-ring (bicyclic) bond motifs is 1. The molecular formula is C15H16N2O5S. The normalized spacial score (nSPS) is 14.3. The number of anilines is 1. The highest BCUT2D eigenvalue weighted by Crippen LogP contribution is 2.31. The highest BCUT2D eigenvalue weighted by atomic mass is 32.2. The van der Waals surface area contributed by atoms with Gasteiger partial charge in [0.05, 0.1) is 6.54 Å². The van der Waals surface area contributed by atoms with E-state index in [1.54, 1.807) is 6.20 Å². The number of carbonyl (C=O) groups excluding carboxylic acids is 1. The zero-order chi connectivity index (χ0) is 16.6. The highest BCUT2D eigenvalue weighted by Gasteiger charge is 2.28. The minimum absolute atomic E-state index is 0.0954. The van der Waals surface area contributed by atoms with Gasteiger partial charge >= 0.3 is 0 Å². The number of ether oxygens (including phenoxy) is 1. The Bertz CT molecular complexity index is 857. The van der Waals surface area contributed by atoms with Crippen molar-refractivity contribution < 1.29 is 22.4 Å². The van der Waals surface area contributed by atoms with Gasteiger partial charge in [-0.25, -0.2) is 13.4 Å². The molecule has 0 aliphatic carbocycles. The zero-order valence-electron chi connectivity index (χ0n) is 12.8. The van der Waals surface area contributed by atoms with Crippen molar-refractivity contribution in [1.82, 2.24) is 4.98 Å². The molecule has 0 bridgehead atoms. The van der Waals surface area contributed by atoms with E-state index in [1.165, 1.54) is 17.0 Å². The number of pyridine rings is 1. The number of aryl methyl sites for hydroxylation is 1. The van der Waals surface area contributed by atoms with Gasteiger partial charge in [0.15, 0.2) is 15.6 Å². The van der Waals surface area contributed by atoms with E-state index >= 15 is 0 Å². The summed E-state index contributed by atoms with van der Waals surface area (Å²) in [4.78, 5) is 18.4. The molecule has 122 valence electrons. The van der Waals surface area contributed by atoms with Crippen LogP contribution in [0.5, 0.6) is 5.88 Å². The molecule has 8 heteroatoms. The van der Waals surface area contributed by atoms with Gasteiger partial charge in [-0.1, -0.05) is 0 Å². The molecule has 0 saturated heterocycles. The monoisotopic (exact) mass is 336 g/mol. The lowest BCUT2D eigenvalue weighted by Crippen LogP contribution is -2.38. The second-order valence-electron chi connectivity index (χ2n) is 5.48. The number of hydrogen-bond acceptors (Lipinski definition) is 6. The minimum atomic E-state index is -3.22. The van der Waals surface area contributed by atoms with Gasteiger partial charge in [0, 0.05) is 12.5 Å². The van der Waals surface area contributed by atoms with Gasteiger partial charge in [-0.2, -0.15) is 0 Å². The van der Waals surface area contributed by atoms with Crippen LogP contribution in [0.25, 0.3) is 0 Å². The lowest BCUT2D eigenvalue weighted by atomic mass is 10.2. The summed E-state index contributed by atoms with van der Waals surface area (Å²) in [5.74, 6) is 0.158. The van der Waals surface area contributed by atoms with Crippen molar-refractivity contribution in [2.75, 3.05) is 24.3 Å². The van der Waals surface area contributed by atoms with Crippen molar-refractivity contribution in [2.45, 2.75) is 12.7 Å². The molecule has 0 radical (unpaired) electrons. The van der Waals surface area contributed by atoms with Crippen LogP contribution in [0.15, 0.2) is 28.8 Å². The second kappa shape index (κ2) is 5.69. The van der Waals surface area contributed by atoms with E-state index < -0.39 is 9.84 Å². The molecule has 2 aromatic rings. The molecule has 1 aliphatic heterocycles. The molecular weight excluding hydrogens is 320 g/mol. The predicted molar refractivity (Wildman–Crippen MR) is 83.4 cm³/mol. The third-order valence-corrected chi connectivity index (χ3v) is 4.14. The van der Waals surface area contributed by atoms with Gasteiger partial charge in [-0.3, -0.25) is 9.69 Å². The topological polar surface area (TPSA) is 89.7 Å². The van der Waals surface area contributed by atoms with E-state index in [9.17, 15) is 13.2 Å². The summed E-state index contributed by atoms with van der Waals surface area (Å²) in [6.07, 6.45) is 2.79. The number of amides is 1. The average Bonchev–Trinajstić information content (AvgIpc) is 2.92. The number of aromatic nitrogens is 1.